The minimum atomic E-state index is -0.614. The number of amides is 2. The molecule has 1 heterocycles. The first-order valence-electron chi connectivity index (χ1n) is 6.72. The molecular weight excluding hydrogens is 358 g/mol. The topological polar surface area (TPSA) is 82.0 Å². The molecule has 1 aliphatic rings. The summed E-state index contributed by atoms with van der Waals surface area (Å²) >= 11 is 3.31. The number of benzene rings is 2. The summed E-state index contributed by atoms with van der Waals surface area (Å²) in [6, 6.07) is 15.7. The summed E-state index contributed by atoms with van der Waals surface area (Å²) in [7, 11) is 0. The molecule has 0 unspecified atom stereocenters. The van der Waals surface area contributed by atoms with E-state index >= 15 is 0 Å². The maximum absolute atomic E-state index is 12.4. The fourth-order valence-electron chi connectivity index (χ4n) is 2.31. The van der Waals surface area contributed by atoms with Crippen molar-refractivity contribution in [2.45, 2.75) is 0 Å². The van der Waals surface area contributed by atoms with Crippen LogP contribution in [0.1, 0.15) is 5.56 Å². The van der Waals surface area contributed by atoms with Crippen LogP contribution < -0.4 is 10.6 Å². The Labute approximate surface area is 140 Å². The summed E-state index contributed by atoms with van der Waals surface area (Å²) < 4.78 is 0.874. The van der Waals surface area contributed by atoms with Crippen LogP contribution in [0.15, 0.2) is 58.6 Å². The van der Waals surface area contributed by atoms with Crippen molar-refractivity contribution >= 4 is 44.7 Å². The van der Waals surface area contributed by atoms with E-state index < -0.39 is 11.8 Å². The molecule has 0 atom stereocenters. The van der Waals surface area contributed by atoms with E-state index in [9.17, 15) is 14.9 Å². The first-order chi connectivity index (χ1) is 11.1. The lowest BCUT2D eigenvalue weighted by molar-refractivity contribution is -0.113. The highest BCUT2D eigenvalue weighted by Crippen LogP contribution is 2.33. The van der Waals surface area contributed by atoms with Gasteiger partial charge in [0.05, 0.1) is 5.57 Å². The average Bonchev–Trinajstić information content (AvgIpc) is 2.87. The van der Waals surface area contributed by atoms with Crippen molar-refractivity contribution in [3.8, 4) is 6.07 Å². The number of anilines is 2. The van der Waals surface area contributed by atoms with E-state index in [0.717, 1.165) is 4.47 Å². The van der Waals surface area contributed by atoms with Gasteiger partial charge in [-0.3, -0.25) is 9.59 Å². The lowest BCUT2D eigenvalue weighted by atomic mass is 10.0. The number of hydrogen-bond donors (Lipinski definition) is 2. The van der Waals surface area contributed by atoms with Crippen molar-refractivity contribution < 1.29 is 9.59 Å². The fraction of sp³-hybridized carbons (Fsp3) is 0. The minimum absolute atomic E-state index is 0.0951. The number of nitrogens with zero attached hydrogens (tertiary/aromatic N) is 1. The summed E-state index contributed by atoms with van der Waals surface area (Å²) in [5.74, 6) is -1.06. The van der Waals surface area contributed by atoms with Crippen molar-refractivity contribution in [2.24, 2.45) is 0 Å². The van der Waals surface area contributed by atoms with Crippen molar-refractivity contribution in [3.63, 3.8) is 0 Å². The molecule has 2 aromatic rings. The van der Waals surface area contributed by atoms with E-state index in [1.807, 2.05) is 6.07 Å². The zero-order valence-electron chi connectivity index (χ0n) is 11.8. The van der Waals surface area contributed by atoms with Crippen LogP contribution in [-0.2, 0) is 9.59 Å². The predicted octanol–water partition coefficient (Wildman–Crippen LogP) is 3.32. The highest BCUT2D eigenvalue weighted by Gasteiger charge is 2.30. The number of para-hydroxylation sites is 1. The molecule has 2 amide bonds. The fourth-order valence-corrected chi connectivity index (χ4v) is 2.58. The number of nitrogens with one attached hydrogen (secondary N) is 2. The number of halogens is 1. The van der Waals surface area contributed by atoms with Gasteiger partial charge >= 0.3 is 0 Å². The molecule has 1 aliphatic heterocycles. The lowest BCUT2D eigenvalue weighted by Crippen LogP contribution is -2.17. The Kier molecular flexibility index (Phi) is 3.96. The molecule has 0 aromatic heterocycles. The smallest absolute Gasteiger partial charge is 0.267 e. The van der Waals surface area contributed by atoms with E-state index in [4.69, 9.17) is 0 Å². The highest BCUT2D eigenvalue weighted by atomic mass is 79.9. The average molecular weight is 368 g/mol. The molecule has 0 saturated carbocycles. The van der Waals surface area contributed by atoms with Gasteiger partial charge in [0, 0.05) is 21.4 Å². The van der Waals surface area contributed by atoms with Crippen LogP contribution in [0.3, 0.4) is 0 Å². The molecule has 0 radical (unpaired) electrons. The molecule has 0 saturated heterocycles. The largest absolute Gasteiger partial charge is 0.321 e. The number of rotatable bonds is 2. The van der Waals surface area contributed by atoms with Crippen LogP contribution in [0.25, 0.3) is 5.57 Å². The first kappa shape index (κ1) is 15.0. The Morgan fingerprint density at radius 1 is 1.13 bits per heavy atom. The molecule has 3 rings (SSSR count). The van der Waals surface area contributed by atoms with Crippen molar-refractivity contribution in [2.75, 3.05) is 10.6 Å². The first-order valence-corrected chi connectivity index (χ1v) is 7.51. The predicted molar refractivity (Wildman–Crippen MR) is 90.4 cm³/mol. The Hall–Kier alpha value is -2.91. The molecule has 23 heavy (non-hydrogen) atoms. The second-order valence-corrected chi connectivity index (χ2v) is 5.74. The second-order valence-electron chi connectivity index (χ2n) is 4.82. The van der Waals surface area contributed by atoms with Crippen LogP contribution in [0, 0.1) is 11.3 Å². The maximum atomic E-state index is 12.4. The Balaban J connectivity index is 1.99. The van der Waals surface area contributed by atoms with Gasteiger partial charge in [0.25, 0.3) is 11.8 Å². The van der Waals surface area contributed by atoms with Crippen molar-refractivity contribution in [1.82, 2.24) is 0 Å². The van der Waals surface area contributed by atoms with Gasteiger partial charge in [-0.05, 0) is 30.3 Å². The van der Waals surface area contributed by atoms with Crippen molar-refractivity contribution in [1.29, 1.82) is 5.26 Å². The molecule has 0 aliphatic carbocycles. The number of carbonyl (C=O) groups is 2. The Bertz CT molecular complexity index is 879. The number of hydrogen-bond acceptors (Lipinski definition) is 3. The van der Waals surface area contributed by atoms with E-state index in [2.05, 4.69) is 26.6 Å². The Morgan fingerprint density at radius 3 is 2.52 bits per heavy atom. The zero-order valence-corrected chi connectivity index (χ0v) is 13.3. The molecule has 112 valence electrons. The van der Waals surface area contributed by atoms with Crippen LogP contribution in [0.5, 0.6) is 0 Å². The molecule has 2 N–H and O–H groups in total. The van der Waals surface area contributed by atoms with E-state index in [-0.39, 0.29) is 11.1 Å². The van der Waals surface area contributed by atoms with Gasteiger partial charge in [-0.15, -0.1) is 0 Å². The van der Waals surface area contributed by atoms with Crippen LogP contribution >= 0.6 is 15.9 Å². The van der Waals surface area contributed by atoms with Crippen LogP contribution in [0.4, 0.5) is 11.4 Å². The van der Waals surface area contributed by atoms with E-state index in [1.165, 1.54) is 0 Å². The monoisotopic (exact) mass is 367 g/mol. The number of carbonyl (C=O) groups excluding carboxylic acids is 2. The second kappa shape index (κ2) is 6.07. The van der Waals surface area contributed by atoms with Crippen molar-refractivity contribution in [3.05, 3.63) is 64.1 Å². The normalized spacial score (nSPS) is 14.5. The number of fused-ring (bicyclic) bond motifs is 1. The lowest BCUT2D eigenvalue weighted by Gasteiger charge is -2.06. The van der Waals surface area contributed by atoms with Gasteiger partial charge in [0.2, 0.25) is 0 Å². The van der Waals surface area contributed by atoms with Gasteiger partial charge in [-0.1, -0.05) is 34.1 Å². The molecule has 5 nitrogen and oxygen atoms in total. The summed E-state index contributed by atoms with van der Waals surface area (Å²) in [6.07, 6.45) is 0. The van der Waals surface area contributed by atoms with Crippen LogP contribution in [0.2, 0.25) is 0 Å². The quantitative estimate of drug-likeness (QED) is 0.630. The van der Waals surface area contributed by atoms with E-state index in [1.54, 1.807) is 48.5 Å². The van der Waals surface area contributed by atoms with E-state index in [0.29, 0.717) is 16.9 Å². The zero-order chi connectivity index (χ0) is 16.4. The standard InChI is InChI=1S/C17H10BrN3O2/c18-10-5-7-11(8-6-10)20-16(22)13(9-19)15-12-3-1-2-4-14(12)21-17(15)23/h1-8H,(H,20,22)(H,21,23)/b15-13-. The molecular formula is C17H10BrN3O2. The molecule has 6 heteroatoms. The molecule has 0 spiro atoms. The van der Waals surface area contributed by atoms with Gasteiger partial charge in [0.1, 0.15) is 11.6 Å². The summed E-state index contributed by atoms with van der Waals surface area (Å²) in [5.41, 5.74) is 1.57. The van der Waals surface area contributed by atoms with Gasteiger partial charge in [0.15, 0.2) is 0 Å². The number of nitriles is 1. The van der Waals surface area contributed by atoms with Gasteiger partial charge < -0.3 is 10.6 Å². The van der Waals surface area contributed by atoms with Crippen LogP contribution in [-0.4, -0.2) is 11.8 Å². The van der Waals surface area contributed by atoms with Gasteiger partial charge in [-0.25, -0.2) is 0 Å². The van der Waals surface area contributed by atoms with Gasteiger partial charge in [-0.2, -0.15) is 5.26 Å². The Morgan fingerprint density at radius 2 is 1.83 bits per heavy atom. The SMILES string of the molecule is N#C/C(C(=O)Nc1ccc(Br)cc1)=C1/C(=O)Nc2ccccc21. The minimum Gasteiger partial charge on any atom is -0.321 e. The summed E-state index contributed by atoms with van der Waals surface area (Å²) in [6.45, 7) is 0. The third-order valence-electron chi connectivity index (χ3n) is 3.36. The molecule has 2 aromatic carbocycles. The summed E-state index contributed by atoms with van der Waals surface area (Å²) in [4.78, 5) is 24.5. The highest BCUT2D eigenvalue weighted by molar-refractivity contribution is 9.10. The third kappa shape index (κ3) is 2.87. The third-order valence-corrected chi connectivity index (χ3v) is 3.89. The summed E-state index contributed by atoms with van der Waals surface area (Å²) in [5, 5.41) is 14.6. The molecule has 0 fully saturated rings. The maximum Gasteiger partial charge on any atom is 0.267 e. The molecule has 0 bridgehead atoms.